The molecule has 2 heterocycles. The Morgan fingerprint density at radius 3 is 2.62 bits per heavy atom. The minimum Gasteiger partial charge on any atom is -0.406 e. The molecule has 1 atom stereocenters. The number of nitrogens with zero attached hydrogens (tertiary/aromatic N) is 2. The molecule has 1 aromatic heterocycles. The average Bonchev–Trinajstić information content (AvgIpc) is 3.16. The predicted molar refractivity (Wildman–Crippen MR) is 73.3 cm³/mol. The van der Waals surface area contributed by atoms with Crippen molar-refractivity contribution in [1.82, 2.24) is 10.2 Å². The third kappa shape index (κ3) is 4.02. The molecular weight excluding hydrogens is 331 g/mol. The van der Waals surface area contributed by atoms with E-state index in [9.17, 15) is 18.0 Å². The summed E-state index contributed by atoms with van der Waals surface area (Å²) in [6, 6.07) is 4.34. The average molecular weight is 343 g/mol. The molecule has 1 aliphatic rings. The lowest BCUT2D eigenvalue weighted by molar-refractivity contribution is -0.274. The van der Waals surface area contributed by atoms with E-state index in [1.165, 1.54) is 12.1 Å². The van der Waals surface area contributed by atoms with E-state index in [2.05, 4.69) is 20.3 Å². The summed E-state index contributed by atoms with van der Waals surface area (Å²) in [6.45, 7) is 0.612. The van der Waals surface area contributed by atoms with Crippen molar-refractivity contribution in [3.63, 3.8) is 0 Å². The molecule has 1 aliphatic heterocycles. The molecule has 1 amide bonds. The van der Waals surface area contributed by atoms with E-state index in [0.29, 0.717) is 6.61 Å². The van der Waals surface area contributed by atoms with Crippen molar-refractivity contribution < 1.29 is 31.9 Å². The van der Waals surface area contributed by atoms with E-state index >= 15 is 0 Å². The molecule has 2 aromatic rings. The minimum atomic E-state index is -4.79. The first-order valence-electron chi connectivity index (χ1n) is 7.03. The largest absolute Gasteiger partial charge is 0.573 e. The van der Waals surface area contributed by atoms with E-state index in [1.54, 1.807) is 0 Å². The SMILES string of the molecule is O=C(Nc1nnc(C2CCCO2)o1)c1ccc(OC(F)(F)F)cc1. The molecule has 1 fully saturated rings. The maximum Gasteiger partial charge on any atom is 0.573 e. The van der Waals surface area contributed by atoms with Gasteiger partial charge in [-0.2, -0.15) is 0 Å². The third-order valence-corrected chi connectivity index (χ3v) is 3.22. The van der Waals surface area contributed by atoms with Crippen LogP contribution in [0.15, 0.2) is 28.7 Å². The first kappa shape index (κ1) is 16.2. The van der Waals surface area contributed by atoms with E-state index < -0.39 is 18.0 Å². The van der Waals surface area contributed by atoms with Gasteiger partial charge in [-0.25, -0.2) is 0 Å². The summed E-state index contributed by atoms with van der Waals surface area (Å²) < 4.78 is 50.6. The van der Waals surface area contributed by atoms with E-state index in [0.717, 1.165) is 25.0 Å². The van der Waals surface area contributed by atoms with Crippen LogP contribution in [0.4, 0.5) is 19.2 Å². The highest BCUT2D eigenvalue weighted by molar-refractivity contribution is 6.03. The first-order chi connectivity index (χ1) is 11.4. The number of carbonyl (C=O) groups is 1. The predicted octanol–water partition coefficient (Wildman–Crippen LogP) is 3.07. The van der Waals surface area contributed by atoms with Gasteiger partial charge in [-0.3, -0.25) is 10.1 Å². The van der Waals surface area contributed by atoms with Crippen molar-refractivity contribution in [3.8, 4) is 5.75 Å². The van der Waals surface area contributed by atoms with E-state index in [-0.39, 0.29) is 23.6 Å². The lowest BCUT2D eigenvalue weighted by Crippen LogP contribution is -2.17. The Hall–Kier alpha value is -2.62. The number of anilines is 1. The van der Waals surface area contributed by atoms with Gasteiger partial charge in [-0.1, -0.05) is 5.10 Å². The zero-order chi connectivity index (χ0) is 17.2. The number of halogens is 3. The van der Waals surface area contributed by atoms with Gasteiger partial charge in [0.2, 0.25) is 5.89 Å². The number of aromatic nitrogens is 2. The second-order valence-corrected chi connectivity index (χ2v) is 4.97. The molecule has 0 radical (unpaired) electrons. The van der Waals surface area contributed by atoms with Gasteiger partial charge >= 0.3 is 12.4 Å². The molecule has 1 aromatic carbocycles. The Kier molecular flexibility index (Phi) is 4.38. The third-order valence-electron chi connectivity index (χ3n) is 3.22. The molecule has 24 heavy (non-hydrogen) atoms. The maximum absolute atomic E-state index is 12.1. The smallest absolute Gasteiger partial charge is 0.406 e. The van der Waals surface area contributed by atoms with Gasteiger partial charge in [0.15, 0.2) is 0 Å². The van der Waals surface area contributed by atoms with Crippen molar-refractivity contribution in [2.24, 2.45) is 0 Å². The second kappa shape index (κ2) is 6.48. The molecule has 7 nitrogen and oxygen atoms in total. The zero-order valence-corrected chi connectivity index (χ0v) is 12.2. The Bertz CT molecular complexity index is 709. The van der Waals surface area contributed by atoms with Crippen LogP contribution in [0.5, 0.6) is 5.75 Å². The number of rotatable bonds is 4. The van der Waals surface area contributed by atoms with Gasteiger partial charge in [0.1, 0.15) is 11.9 Å². The van der Waals surface area contributed by atoms with Crippen LogP contribution in [-0.2, 0) is 4.74 Å². The number of carbonyl (C=O) groups excluding carboxylic acids is 1. The van der Waals surface area contributed by atoms with Crippen LogP contribution in [0.2, 0.25) is 0 Å². The fraction of sp³-hybridized carbons (Fsp3) is 0.357. The molecule has 128 valence electrons. The fourth-order valence-electron chi connectivity index (χ4n) is 2.16. The number of amides is 1. The van der Waals surface area contributed by atoms with Gasteiger partial charge in [-0.15, -0.1) is 18.3 Å². The monoisotopic (exact) mass is 343 g/mol. The quantitative estimate of drug-likeness (QED) is 0.918. The summed E-state index contributed by atoms with van der Waals surface area (Å²) in [6.07, 6.45) is -3.41. The van der Waals surface area contributed by atoms with Crippen LogP contribution in [0, 0.1) is 0 Å². The van der Waals surface area contributed by atoms with Crippen molar-refractivity contribution in [2.75, 3.05) is 11.9 Å². The maximum atomic E-state index is 12.1. The van der Waals surface area contributed by atoms with Crippen molar-refractivity contribution in [3.05, 3.63) is 35.7 Å². The number of alkyl halides is 3. The summed E-state index contributed by atoms with van der Waals surface area (Å²) in [5, 5.41) is 9.86. The van der Waals surface area contributed by atoms with Gasteiger partial charge in [0, 0.05) is 12.2 Å². The summed E-state index contributed by atoms with van der Waals surface area (Å²) in [5.74, 6) is -0.745. The highest BCUT2D eigenvalue weighted by atomic mass is 19.4. The molecule has 0 spiro atoms. The Labute approximate surface area is 133 Å². The van der Waals surface area contributed by atoms with Crippen LogP contribution < -0.4 is 10.1 Å². The minimum absolute atomic E-state index is 0.110. The lowest BCUT2D eigenvalue weighted by Gasteiger charge is -2.08. The fourth-order valence-corrected chi connectivity index (χ4v) is 2.16. The van der Waals surface area contributed by atoms with Crippen LogP contribution >= 0.6 is 0 Å². The number of ether oxygens (including phenoxy) is 2. The molecule has 1 N–H and O–H groups in total. The topological polar surface area (TPSA) is 86.5 Å². The van der Waals surface area contributed by atoms with Crippen molar-refractivity contribution in [2.45, 2.75) is 25.3 Å². The Balaban J connectivity index is 1.62. The highest BCUT2D eigenvalue weighted by Gasteiger charge is 2.31. The van der Waals surface area contributed by atoms with Crippen molar-refractivity contribution >= 4 is 11.9 Å². The molecule has 3 rings (SSSR count). The second-order valence-electron chi connectivity index (χ2n) is 4.97. The van der Waals surface area contributed by atoms with Gasteiger partial charge in [0.05, 0.1) is 0 Å². The van der Waals surface area contributed by atoms with Crippen LogP contribution in [0.1, 0.15) is 35.2 Å². The molecule has 10 heteroatoms. The summed E-state index contributed by atoms with van der Waals surface area (Å²) in [4.78, 5) is 12.0. The van der Waals surface area contributed by atoms with Crippen LogP contribution in [0.3, 0.4) is 0 Å². The lowest BCUT2D eigenvalue weighted by atomic mass is 10.2. The first-order valence-corrected chi connectivity index (χ1v) is 7.03. The van der Waals surface area contributed by atoms with E-state index in [1.807, 2.05) is 0 Å². The highest BCUT2D eigenvalue weighted by Crippen LogP contribution is 2.28. The Morgan fingerprint density at radius 1 is 1.25 bits per heavy atom. The molecule has 0 bridgehead atoms. The summed E-state index contributed by atoms with van der Waals surface area (Å²) in [5.41, 5.74) is 0.112. The van der Waals surface area contributed by atoms with Crippen molar-refractivity contribution in [1.29, 1.82) is 0 Å². The zero-order valence-electron chi connectivity index (χ0n) is 12.2. The van der Waals surface area contributed by atoms with Crippen LogP contribution in [-0.4, -0.2) is 29.1 Å². The molecular formula is C14H12F3N3O4. The molecule has 1 saturated heterocycles. The molecule has 1 unspecified atom stereocenters. The van der Waals surface area contributed by atoms with Gasteiger partial charge in [0.25, 0.3) is 5.91 Å². The van der Waals surface area contributed by atoms with Gasteiger partial charge < -0.3 is 13.9 Å². The number of hydrogen-bond acceptors (Lipinski definition) is 6. The summed E-state index contributed by atoms with van der Waals surface area (Å²) in [7, 11) is 0. The summed E-state index contributed by atoms with van der Waals surface area (Å²) >= 11 is 0. The van der Waals surface area contributed by atoms with E-state index in [4.69, 9.17) is 9.15 Å². The number of hydrogen-bond donors (Lipinski definition) is 1. The normalized spacial score (nSPS) is 17.7. The Morgan fingerprint density at radius 2 is 2.00 bits per heavy atom. The van der Waals surface area contributed by atoms with Gasteiger partial charge in [-0.05, 0) is 37.1 Å². The number of nitrogens with one attached hydrogen (secondary N) is 1. The standard InChI is InChI=1S/C14H12F3N3O4/c15-14(16,17)24-9-5-3-8(4-6-9)11(21)18-13-20-19-12(23-13)10-2-1-7-22-10/h3-6,10H,1-2,7H2,(H,18,20,21). The number of benzene rings is 1. The molecule has 0 saturated carbocycles. The molecule has 0 aliphatic carbocycles. The van der Waals surface area contributed by atoms with Crippen LogP contribution in [0.25, 0.3) is 0 Å².